The van der Waals surface area contributed by atoms with Crippen molar-refractivity contribution in [2.45, 2.75) is 6.54 Å². The molecule has 0 radical (unpaired) electrons. The third-order valence-corrected chi connectivity index (χ3v) is 1.57. The van der Waals surface area contributed by atoms with E-state index in [2.05, 4.69) is 10.9 Å². The lowest BCUT2D eigenvalue weighted by Crippen LogP contribution is -2.35. The van der Waals surface area contributed by atoms with E-state index in [1.165, 1.54) is 12.1 Å². The summed E-state index contributed by atoms with van der Waals surface area (Å²) < 4.78 is 12.5. The number of halogens is 1. The average Bonchev–Trinajstić information content (AvgIpc) is 2.15. The summed E-state index contributed by atoms with van der Waals surface area (Å²) in [6.45, 7) is 0.300. The van der Waals surface area contributed by atoms with E-state index in [0.717, 1.165) is 5.56 Å². The molecule has 0 aliphatic carbocycles. The molecule has 1 aromatic carbocycles. The van der Waals surface area contributed by atoms with Crippen molar-refractivity contribution in [3.8, 4) is 0 Å². The number of nitrogens with one attached hydrogen (secondary N) is 2. The van der Waals surface area contributed by atoms with E-state index < -0.39 is 5.97 Å². The van der Waals surface area contributed by atoms with Crippen molar-refractivity contribution in [3.05, 3.63) is 35.6 Å². The van der Waals surface area contributed by atoms with Crippen LogP contribution < -0.4 is 10.9 Å². The molecule has 0 aromatic heterocycles. The molecule has 76 valence electrons. The third kappa shape index (κ3) is 3.97. The lowest BCUT2D eigenvalue weighted by atomic mass is 10.2. The van der Waals surface area contributed by atoms with E-state index in [0.29, 0.717) is 6.54 Å². The molecule has 0 saturated heterocycles. The zero-order valence-electron chi connectivity index (χ0n) is 7.46. The van der Waals surface area contributed by atoms with Crippen LogP contribution in [0, 0.1) is 5.82 Å². The molecule has 5 heteroatoms. The van der Waals surface area contributed by atoms with Gasteiger partial charge in [0.15, 0.2) is 0 Å². The van der Waals surface area contributed by atoms with Crippen molar-refractivity contribution in [1.29, 1.82) is 0 Å². The van der Waals surface area contributed by atoms with Crippen LogP contribution in [0.5, 0.6) is 0 Å². The van der Waals surface area contributed by atoms with Gasteiger partial charge in [0.05, 0.1) is 0 Å². The Bertz CT molecular complexity index is 300. The molecule has 1 aromatic rings. The number of carboxylic acids is 1. The van der Waals surface area contributed by atoms with Crippen molar-refractivity contribution in [2.24, 2.45) is 0 Å². The van der Waals surface area contributed by atoms with E-state index in [-0.39, 0.29) is 12.4 Å². The molecular formula is C9H11FN2O2. The Labute approximate surface area is 80.7 Å². The molecule has 0 heterocycles. The van der Waals surface area contributed by atoms with Gasteiger partial charge in [-0.2, -0.15) is 0 Å². The Hall–Kier alpha value is -1.46. The second-order valence-corrected chi connectivity index (χ2v) is 2.73. The Balaban J connectivity index is 2.25. The molecule has 0 amide bonds. The van der Waals surface area contributed by atoms with Gasteiger partial charge in [-0.3, -0.25) is 10.2 Å². The van der Waals surface area contributed by atoms with Gasteiger partial charge in [0.2, 0.25) is 0 Å². The van der Waals surface area contributed by atoms with Gasteiger partial charge >= 0.3 is 5.97 Å². The molecule has 0 unspecified atom stereocenters. The van der Waals surface area contributed by atoms with Crippen LogP contribution in [-0.4, -0.2) is 17.6 Å². The number of aliphatic carboxylic acids is 1. The minimum Gasteiger partial charge on any atom is -0.480 e. The predicted molar refractivity (Wildman–Crippen MR) is 48.9 cm³/mol. The summed E-state index contributed by atoms with van der Waals surface area (Å²) in [5, 5.41) is 8.29. The van der Waals surface area contributed by atoms with Crippen LogP contribution in [0.4, 0.5) is 4.39 Å². The zero-order chi connectivity index (χ0) is 10.4. The van der Waals surface area contributed by atoms with Gasteiger partial charge < -0.3 is 5.11 Å². The van der Waals surface area contributed by atoms with Gasteiger partial charge in [-0.1, -0.05) is 12.1 Å². The summed E-state index contributed by atoms with van der Waals surface area (Å²) in [6.07, 6.45) is 0. The Morgan fingerprint density at radius 1 is 1.29 bits per heavy atom. The second kappa shape index (κ2) is 5.31. The lowest BCUT2D eigenvalue weighted by molar-refractivity contribution is -0.136. The first-order valence-electron chi connectivity index (χ1n) is 4.10. The quantitative estimate of drug-likeness (QED) is 0.476. The van der Waals surface area contributed by atoms with Gasteiger partial charge in [-0.05, 0) is 17.7 Å². The van der Waals surface area contributed by atoms with Crippen LogP contribution in [0.2, 0.25) is 0 Å². The molecule has 4 nitrogen and oxygen atoms in total. The highest BCUT2D eigenvalue weighted by Crippen LogP contribution is 2.01. The third-order valence-electron chi connectivity index (χ3n) is 1.57. The normalized spacial score (nSPS) is 10.1. The van der Waals surface area contributed by atoms with Gasteiger partial charge in [0.1, 0.15) is 12.4 Å². The minimum atomic E-state index is -0.934. The highest BCUT2D eigenvalue weighted by Gasteiger charge is 1.95. The Kier molecular flexibility index (Phi) is 4.03. The summed E-state index contributed by atoms with van der Waals surface area (Å²) in [6, 6.07) is 5.97. The molecule has 14 heavy (non-hydrogen) atoms. The minimum absolute atomic E-state index is 0.152. The van der Waals surface area contributed by atoms with Crippen LogP contribution in [0.25, 0.3) is 0 Å². The van der Waals surface area contributed by atoms with Crippen molar-refractivity contribution in [2.75, 3.05) is 6.54 Å². The number of benzene rings is 1. The van der Waals surface area contributed by atoms with Crippen LogP contribution in [-0.2, 0) is 11.3 Å². The zero-order valence-corrected chi connectivity index (χ0v) is 7.46. The highest BCUT2D eigenvalue weighted by molar-refractivity contribution is 5.68. The van der Waals surface area contributed by atoms with Crippen LogP contribution in [0.3, 0.4) is 0 Å². The van der Waals surface area contributed by atoms with E-state index in [9.17, 15) is 9.18 Å². The average molecular weight is 198 g/mol. The SMILES string of the molecule is O=C(O)CNNCc1ccc(F)cc1. The number of carboxylic acid groups (broad SMARTS) is 1. The maximum atomic E-state index is 12.5. The lowest BCUT2D eigenvalue weighted by Gasteiger charge is -2.04. The fourth-order valence-corrected chi connectivity index (χ4v) is 0.905. The van der Waals surface area contributed by atoms with E-state index in [1.807, 2.05) is 0 Å². The molecule has 0 saturated carbocycles. The van der Waals surface area contributed by atoms with E-state index >= 15 is 0 Å². The smallest absolute Gasteiger partial charge is 0.318 e. The van der Waals surface area contributed by atoms with Crippen LogP contribution in [0.1, 0.15) is 5.56 Å². The molecule has 0 aliphatic rings. The summed E-state index contributed by atoms with van der Waals surface area (Å²) >= 11 is 0. The monoisotopic (exact) mass is 198 g/mol. The molecule has 0 atom stereocenters. The molecule has 0 aliphatic heterocycles. The number of hydrazine groups is 1. The first-order chi connectivity index (χ1) is 6.68. The second-order valence-electron chi connectivity index (χ2n) is 2.73. The molecule has 3 N–H and O–H groups in total. The van der Waals surface area contributed by atoms with Crippen molar-refractivity contribution in [3.63, 3.8) is 0 Å². The maximum absolute atomic E-state index is 12.5. The summed E-state index contributed by atoms with van der Waals surface area (Å²) in [7, 11) is 0. The topological polar surface area (TPSA) is 61.4 Å². The molecular weight excluding hydrogens is 187 g/mol. The summed E-state index contributed by atoms with van der Waals surface area (Å²) in [5.74, 6) is -1.22. The summed E-state index contributed by atoms with van der Waals surface area (Å²) in [5.41, 5.74) is 6.08. The predicted octanol–water partition coefficient (Wildman–Crippen LogP) is 0.504. The fraction of sp³-hybridized carbons (Fsp3) is 0.222. The van der Waals surface area contributed by atoms with Crippen molar-refractivity contribution in [1.82, 2.24) is 10.9 Å². The first kappa shape index (κ1) is 10.6. The fourth-order valence-electron chi connectivity index (χ4n) is 0.905. The molecule has 0 bridgehead atoms. The van der Waals surface area contributed by atoms with Crippen LogP contribution in [0.15, 0.2) is 24.3 Å². The summed E-state index contributed by atoms with van der Waals surface area (Å²) in [4.78, 5) is 10.1. The molecule has 0 spiro atoms. The van der Waals surface area contributed by atoms with Crippen molar-refractivity contribution >= 4 is 5.97 Å². The number of carbonyl (C=O) groups is 1. The number of hydrogen-bond donors (Lipinski definition) is 3. The Morgan fingerprint density at radius 2 is 1.93 bits per heavy atom. The van der Waals surface area contributed by atoms with E-state index in [4.69, 9.17) is 5.11 Å². The highest BCUT2D eigenvalue weighted by atomic mass is 19.1. The number of rotatable bonds is 5. The first-order valence-corrected chi connectivity index (χ1v) is 4.10. The largest absolute Gasteiger partial charge is 0.480 e. The van der Waals surface area contributed by atoms with Gasteiger partial charge in [0, 0.05) is 6.54 Å². The maximum Gasteiger partial charge on any atom is 0.318 e. The van der Waals surface area contributed by atoms with Gasteiger partial charge in [-0.25, -0.2) is 9.82 Å². The standard InChI is InChI=1S/C9H11FN2O2/c10-8-3-1-7(2-4-8)5-11-12-6-9(13)14/h1-4,11-12H,5-6H2,(H,13,14). The van der Waals surface area contributed by atoms with Gasteiger partial charge in [0.25, 0.3) is 0 Å². The van der Waals surface area contributed by atoms with E-state index in [1.54, 1.807) is 12.1 Å². The Morgan fingerprint density at radius 3 is 2.50 bits per heavy atom. The van der Waals surface area contributed by atoms with Gasteiger partial charge in [-0.15, -0.1) is 0 Å². The molecule has 0 fully saturated rings. The molecule has 1 rings (SSSR count). The van der Waals surface area contributed by atoms with Crippen LogP contribution >= 0.6 is 0 Å². The number of hydrogen-bond acceptors (Lipinski definition) is 3. The van der Waals surface area contributed by atoms with Crippen molar-refractivity contribution < 1.29 is 14.3 Å².